The van der Waals surface area contributed by atoms with Crippen LogP contribution < -0.4 is 5.73 Å². The minimum Gasteiger partial charge on any atom is -0.394 e. The summed E-state index contributed by atoms with van der Waals surface area (Å²) < 4.78 is 0. The standard InChI is InChI=1S/C9H11ClNS.C9H10NS.C7H8N3S.C6H5ClN.C3H6BrCl.4C2H6.CH4.4Y/c10-4-2-6-12-8-9-3-1-5-11-7-9;1-3-8(7-10-5-1)9-4-2-6-11-9;8-7(9)11-5-6-2-1-3-10-4-6;7-4-6-2-1-3-8-5-6;4-2-1-3-5;4*1-2;;;;;/h1,3,7H,2,4,6,8H2;1,3,7,9H,2,4,6H2;1-2,4H,5H2,(H3,8,9);1-2,5H,4H2;1-3H2;4*1-2H3;1H4;;;;/q4*-1;;;;;;;;;;. The first-order valence-corrected chi connectivity index (χ1v) is 24.6. The molecule has 0 spiro atoms. The number of hydrogen-bond acceptors (Lipinski definition) is 8. The van der Waals surface area contributed by atoms with Gasteiger partial charge in [0.05, 0.1) is 0 Å². The van der Waals surface area contributed by atoms with Gasteiger partial charge >= 0.3 is 0 Å². The molecular formula is C43H68BrCl3N6S3Y4-4. The van der Waals surface area contributed by atoms with Crippen molar-refractivity contribution in [3.63, 3.8) is 0 Å². The first kappa shape index (κ1) is 82.9. The molecule has 1 saturated heterocycles. The Morgan fingerprint density at radius 3 is 1.45 bits per heavy atom. The quantitative estimate of drug-likeness (QED) is 0.0504. The predicted molar refractivity (Wildman–Crippen MR) is 262 cm³/mol. The van der Waals surface area contributed by atoms with Gasteiger partial charge in [-0.05, 0) is 42.9 Å². The van der Waals surface area contributed by atoms with Gasteiger partial charge < -0.3 is 25.7 Å². The number of aromatic nitrogens is 4. The van der Waals surface area contributed by atoms with Crippen LogP contribution in [-0.4, -0.2) is 53.7 Å². The maximum absolute atomic E-state index is 6.96. The summed E-state index contributed by atoms with van der Waals surface area (Å²) in [5, 5.41) is 8.82. The van der Waals surface area contributed by atoms with Crippen LogP contribution in [0.3, 0.4) is 0 Å². The number of rotatable bonds is 11. The molecule has 0 amide bonds. The first-order chi connectivity index (χ1) is 27.0. The molecule has 3 N–H and O–H groups in total. The van der Waals surface area contributed by atoms with Crippen molar-refractivity contribution >= 4 is 91.2 Å². The topological polar surface area (TPSA) is 101 Å². The Bertz CT molecular complexity index is 1270. The van der Waals surface area contributed by atoms with E-state index in [1.165, 1.54) is 41.5 Å². The van der Waals surface area contributed by atoms with E-state index < -0.39 is 0 Å². The molecule has 4 radical (unpaired) electrons. The van der Waals surface area contributed by atoms with E-state index >= 15 is 0 Å². The van der Waals surface area contributed by atoms with E-state index in [4.69, 9.17) is 45.9 Å². The van der Waals surface area contributed by atoms with E-state index in [2.05, 4.69) is 66.7 Å². The van der Waals surface area contributed by atoms with Gasteiger partial charge in [0, 0.05) is 165 Å². The Morgan fingerprint density at radius 1 is 0.717 bits per heavy atom. The fraction of sp³-hybridized carbons (Fsp3) is 0.512. The third kappa shape index (κ3) is 58.9. The fourth-order valence-corrected chi connectivity index (χ4v) is 7.08. The molecule has 0 bridgehead atoms. The van der Waals surface area contributed by atoms with Gasteiger partial charge in [-0.2, -0.15) is 72.1 Å². The predicted octanol–water partition coefficient (Wildman–Crippen LogP) is 14.6. The van der Waals surface area contributed by atoms with Crippen LogP contribution in [0, 0.1) is 30.2 Å². The summed E-state index contributed by atoms with van der Waals surface area (Å²) in [5.74, 6) is 6.22. The zero-order chi connectivity index (χ0) is 42.2. The van der Waals surface area contributed by atoms with Crippen LogP contribution in [0.1, 0.15) is 116 Å². The molecule has 332 valence electrons. The summed E-state index contributed by atoms with van der Waals surface area (Å²) in [4.78, 5) is 15.5. The van der Waals surface area contributed by atoms with Crippen LogP contribution >= 0.6 is 86.0 Å². The molecule has 1 aliphatic rings. The Balaban J connectivity index is -0.0000000739. The van der Waals surface area contributed by atoms with Gasteiger partial charge in [-0.15, -0.1) is 57.1 Å². The number of hydrogen-bond donors (Lipinski definition) is 2. The number of thioether (sulfide) groups is 3. The Labute approximate surface area is 505 Å². The van der Waals surface area contributed by atoms with Crippen LogP contribution in [0.2, 0.25) is 0 Å². The molecule has 1 aliphatic heterocycles. The molecule has 1 fully saturated rings. The van der Waals surface area contributed by atoms with Crippen molar-refractivity contribution < 1.29 is 131 Å². The molecule has 60 heavy (non-hydrogen) atoms. The van der Waals surface area contributed by atoms with Gasteiger partial charge in [-0.1, -0.05) is 140 Å². The van der Waals surface area contributed by atoms with Crippen LogP contribution in [0.25, 0.3) is 0 Å². The second-order valence-electron chi connectivity index (χ2n) is 9.22. The van der Waals surface area contributed by atoms with E-state index in [-0.39, 0.29) is 143 Å². The van der Waals surface area contributed by atoms with Gasteiger partial charge in [-0.3, -0.25) is 5.41 Å². The van der Waals surface area contributed by atoms with Crippen molar-refractivity contribution in [3.8, 4) is 0 Å². The number of pyridine rings is 4. The molecule has 4 aromatic rings. The fourth-order valence-electron chi connectivity index (χ4n) is 3.22. The molecule has 4 aromatic heterocycles. The summed E-state index contributed by atoms with van der Waals surface area (Å²) in [5.41, 5.74) is 9.87. The number of nitrogens with zero attached hydrogens (tertiary/aromatic N) is 4. The Kier molecular flexibility index (Phi) is 102. The van der Waals surface area contributed by atoms with E-state index in [9.17, 15) is 0 Å². The summed E-state index contributed by atoms with van der Waals surface area (Å²) in [6, 6.07) is 15.2. The summed E-state index contributed by atoms with van der Waals surface area (Å²) in [7, 11) is 0. The maximum atomic E-state index is 6.96. The number of nitrogens with two attached hydrogens (primary N) is 1. The van der Waals surface area contributed by atoms with Crippen molar-refractivity contribution in [1.82, 2.24) is 19.9 Å². The number of nitrogens with one attached hydrogen (secondary N) is 1. The van der Waals surface area contributed by atoms with Crippen LogP contribution in [0.15, 0.2) is 73.3 Å². The molecule has 17 heteroatoms. The van der Waals surface area contributed by atoms with Crippen molar-refractivity contribution in [2.24, 2.45) is 5.73 Å². The third-order valence-corrected chi connectivity index (χ3v) is 10.2. The largest absolute Gasteiger partial charge is 0.394 e. The third-order valence-electron chi connectivity index (χ3n) is 5.48. The smallest absolute Gasteiger partial charge is 0.151 e. The van der Waals surface area contributed by atoms with Gasteiger partial charge in [-0.25, -0.2) is 0 Å². The van der Waals surface area contributed by atoms with Gasteiger partial charge in [0.25, 0.3) is 0 Å². The van der Waals surface area contributed by atoms with E-state index in [1.54, 1.807) is 24.5 Å². The molecule has 5 heterocycles. The van der Waals surface area contributed by atoms with E-state index in [1.807, 2.05) is 122 Å². The molecule has 0 aromatic carbocycles. The average Bonchev–Trinajstić information content (AvgIpc) is 3.83. The molecule has 0 aliphatic carbocycles. The molecule has 6 nitrogen and oxygen atoms in total. The number of alkyl halides is 4. The minimum absolute atomic E-state index is 0. The van der Waals surface area contributed by atoms with E-state index in [0.29, 0.717) is 16.9 Å². The molecule has 5 rings (SSSR count). The second kappa shape index (κ2) is 73.5. The van der Waals surface area contributed by atoms with Crippen molar-refractivity contribution in [3.05, 3.63) is 120 Å². The monoisotopic (exact) mass is 1300 g/mol. The van der Waals surface area contributed by atoms with Crippen LogP contribution in [0.4, 0.5) is 0 Å². The van der Waals surface area contributed by atoms with Gasteiger partial charge in [0.2, 0.25) is 0 Å². The second-order valence-corrected chi connectivity index (χ2v) is 14.5. The van der Waals surface area contributed by atoms with E-state index in [0.717, 1.165) is 52.6 Å². The summed E-state index contributed by atoms with van der Waals surface area (Å²) >= 11 is 24.7. The molecule has 1 atom stereocenters. The normalized spacial score (nSPS) is 10.4. The van der Waals surface area contributed by atoms with Crippen molar-refractivity contribution in [2.75, 3.05) is 28.6 Å². The van der Waals surface area contributed by atoms with Crippen LogP contribution in [-0.2, 0) is 148 Å². The molecular weight excluding hydrogens is 1240 g/mol. The van der Waals surface area contributed by atoms with Crippen LogP contribution in [0.5, 0.6) is 0 Å². The number of amidine groups is 1. The zero-order valence-corrected chi connectivity index (χ0v) is 54.1. The summed E-state index contributed by atoms with van der Waals surface area (Å²) in [6.07, 6.45) is 22.9. The molecule has 1 unspecified atom stereocenters. The maximum Gasteiger partial charge on any atom is 0.151 e. The van der Waals surface area contributed by atoms with Gasteiger partial charge in [0.1, 0.15) is 0 Å². The number of halogens is 4. The van der Waals surface area contributed by atoms with Gasteiger partial charge in [0.15, 0.2) is 5.17 Å². The Hall–Kier alpha value is 2.89. The van der Waals surface area contributed by atoms with Crippen molar-refractivity contribution in [1.29, 1.82) is 5.41 Å². The minimum atomic E-state index is 0. The SMILES string of the molecule is C.CC.CC.CC.CC.ClCCCBr.ClCCCSCc1cc[c-]nc1.ClCc1cc[c-]nc1.N=C(N)SCc1cc[c-]nc1.[Y].[Y].[Y].[Y].[c-]1ccc(C2CCCS2)cn1. The summed E-state index contributed by atoms with van der Waals surface area (Å²) in [6.45, 7) is 16.0. The van der Waals surface area contributed by atoms with Crippen molar-refractivity contribution in [2.45, 2.75) is 111 Å². The average molecular weight is 1310 g/mol. The molecule has 0 saturated carbocycles. The first-order valence-electron chi connectivity index (χ1n) is 18.7. The Morgan fingerprint density at radius 2 is 1.15 bits per heavy atom. The zero-order valence-electron chi connectivity index (χ0n) is 36.4.